The van der Waals surface area contributed by atoms with E-state index in [2.05, 4.69) is 31.1 Å². The highest BCUT2D eigenvalue weighted by molar-refractivity contribution is 8.00. The molecule has 1 saturated carbocycles. The van der Waals surface area contributed by atoms with Crippen molar-refractivity contribution in [2.45, 2.75) is 34.8 Å². The molecule has 4 rings (SSSR count). The third kappa shape index (κ3) is 3.04. The van der Waals surface area contributed by atoms with Gasteiger partial charge in [-0.05, 0) is 48.3 Å². The molecule has 3 aromatic heterocycles. The van der Waals surface area contributed by atoms with Gasteiger partial charge in [0.2, 0.25) is 0 Å². The number of nitrogens with zero attached hydrogens (tertiary/aromatic N) is 6. The van der Waals surface area contributed by atoms with Crippen LogP contribution in [0.25, 0.3) is 11.4 Å². The number of hydrogen-bond donors (Lipinski definition) is 0. The summed E-state index contributed by atoms with van der Waals surface area (Å²) in [6.45, 7) is 4.47. The van der Waals surface area contributed by atoms with Crippen molar-refractivity contribution in [2.24, 2.45) is 0 Å². The van der Waals surface area contributed by atoms with Crippen LogP contribution in [0.4, 0.5) is 0 Å². The van der Waals surface area contributed by atoms with Gasteiger partial charge < -0.3 is 0 Å². The van der Waals surface area contributed by atoms with Gasteiger partial charge in [0.1, 0.15) is 5.82 Å². The zero-order valence-electron chi connectivity index (χ0n) is 12.3. The molecule has 0 spiro atoms. The van der Waals surface area contributed by atoms with E-state index in [9.17, 15) is 0 Å². The largest absolute Gasteiger partial charge is 0.298 e. The average molecular weight is 342 g/mol. The predicted octanol–water partition coefficient (Wildman–Crippen LogP) is 3.41. The number of aromatic nitrogens is 6. The maximum absolute atomic E-state index is 4.60. The van der Waals surface area contributed by atoms with E-state index in [-0.39, 0.29) is 0 Å². The van der Waals surface area contributed by atoms with Gasteiger partial charge in [0, 0.05) is 30.4 Å². The Morgan fingerprint density at radius 1 is 1.30 bits per heavy atom. The molecular weight excluding hydrogens is 328 g/mol. The maximum atomic E-state index is 4.60. The fourth-order valence-corrected chi connectivity index (χ4v) is 3.85. The molecule has 23 heavy (non-hydrogen) atoms. The van der Waals surface area contributed by atoms with Gasteiger partial charge in [0.15, 0.2) is 15.3 Å². The molecule has 1 aliphatic carbocycles. The molecular formula is C15H14N6S2. The van der Waals surface area contributed by atoms with Crippen LogP contribution in [0.5, 0.6) is 0 Å². The fourth-order valence-electron chi connectivity index (χ4n) is 2.22. The lowest BCUT2D eigenvalue weighted by Gasteiger charge is -2.06. The standard InChI is InChI=1S/C15H14N6S2/c1-2-9-21-13(11-5-7-16-8-6-11)18-19-14(21)22-15-17-12(20-23-15)10-3-4-10/h2,5-8,10H,1,3-4,9H2. The Bertz CT molecular complexity index is 822. The zero-order chi connectivity index (χ0) is 15.6. The van der Waals surface area contributed by atoms with Crippen LogP contribution in [0.1, 0.15) is 24.6 Å². The molecule has 3 aromatic rings. The summed E-state index contributed by atoms with van der Waals surface area (Å²) in [4.78, 5) is 8.65. The molecule has 0 amide bonds. The molecule has 0 aromatic carbocycles. The van der Waals surface area contributed by atoms with Crippen molar-refractivity contribution in [3.8, 4) is 11.4 Å². The number of rotatable bonds is 6. The Labute approximate surface area is 141 Å². The predicted molar refractivity (Wildman–Crippen MR) is 89.5 cm³/mol. The zero-order valence-corrected chi connectivity index (χ0v) is 13.9. The summed E-state index contributed by atoms with van der Waals surface area (Å²) in [6, 6.07) is 3.85. The van der Waals surface area contributed by atoms with E-state index < -0.39 is 0 Å². The van der Waals surface area contributed by atoms with Crippen molar-refractivity contribution in [3.63, 3.8) is 0 Å². The lowest BCUT2D eigenvalue weighted by Crippen LogP contribution is -2.00. The minimum atomic E-state index is 0.569. The fraction of sp³-hybridized carbons (Fsp3) is 0.267. The Morgan fingerprint density at radius 2 is 2.13 bits per heavy atom. The van der Waals surface area contributed by atoms with Crippen molar-refractivity contribution in [1.29, 1.82) is 0 Å². The van der Waals surface area contributed by atoms with Gasteiger partial charge in [0.25, 0.3) is 0 Å². The van der Waals surface area contributed by atoms with E-state index in [1.54, 1.807) is 12.4 Å². The van der Waals surface area contributed by atoms with E-state index in [0.717, 1.165) is 26.7 Å². The Hall–Kier alpha value is -2.06. The lowest BCUT2D eigenvalue weighted by molar-refractivity contribution is 0.730. The highest BCUT2D eigenvalue weighted by Crippen LogP contribution is 2.40. The molecule has 0 bridgehead atoms. The quantitative estimate of drug-likeness (QED) is 0.640. The summed E-state index contributed by atoms with van der Waals surface area (Å²) >= 11 is 2.94. The Morgan fingerprint density at radius 3 is 2.87 bits per heavy atom. The van der Waals surface area contributed by atoms with E-state index in [1.807, 2.05) is 22.8 Å². The molecule has 3 heterocycles. The van der Waals surface area contributed by atoms with Crippen molar-refractivity contribution in [1.82, 2.24) is 29.1 Å². The van der Waals surface area contributed by atoms with Gasteiger partial charge >= 0.3 is 0 Å². The van der Waals surface area contributed by atoms with Gasteiger partial charge in [-0.15, -0.1) is 16.8 Å². The molecule has 0 atom stereocenters. The molecule has 0 radical (unpaired) electrons. The van der Waals surface area contributed by atoms with E-state index >= 15 is 0 Å². The number of hydrogen-bond acceptors (Lipinski definition) is 7. The van der Waals surface area contributed by atoms with Gasteiger partial charge in [-0.25, -0.2) is 4.98 Å². The van der Waals surface area contributed by atoms with Crippen molar-refractivity contribution in [2.75, 3.05) is 0 Å². The number of allylic oxidation sites excluding steroid dienone is 1. The molecule has 0 unspecified atom stereocenters. The summed E-state index contributed by atoms with van der Waals surface area (Å²) in [6.07, 6.45) is 7.76. The second kappa shape index (κ2) is 6.21. The number of pyridine rings is 1. The van der Waals surface area contributed by atoms with E-state index in [4.69, 9.17) is 0 Å². The molecule has 0 aliphatic heterocycles. The summed E-state index contributed by atoms with van der Waals surface area (Å²) < 4.78 is 7.38. The molecule has 0 N–H and O–H groups in total. The highest BCUT2D eigenvalue weighted by atomic mass is 32.2. The van der Waals surface area contributed by atoms with Crippen LogP contribution in [-0.2, 0) is 6.54 Å². The van der Waals surface area contributed by atoms with Gasteiger partial charge in [-0.1, -0.05) is 6.08 Å². The molecule has 6 nitrogen and oxygen atoms in total. The molecule has 116 valence electrons. The summed E-state index contributed by atoms with van der Waals surface area (Å²) in [7, 11) is 0. The second-order valence-corrected chi connectivity index (χ2v) is 7.20. The Balaban J connectivity index is 1.64. The van der Waals surface area contributed by atoms with Crippen LogP contribution in [0.3, 0.4) is 0 Å². The SMILES string of the molecule is C=CCn1c(Sc2nc(C3CC3)ns2)nnc1-c1ccncc1. The molecule has 0 saturated heterocycles. The van der Waals surface area contributed by atoms with Crippen LogP contribution in [0, 0.1) is 0 Å². The van der Waals surface area contributed by atoms with Crippen LogP contribution < -0.4 is 0 Å². The normalized spacial score (nSPS) is 14.1. The third-order valence-electron chi connectivity index (χ3n) is 3.51. The Kier molecular flexibility index (Phi) is 3.92. The van der Waals surface area contributed by atoms with Gasteiger partial charge in [-0.3, -0.25) is 9.55 Å². The third-order valence-corrected chi connectivity index (χ3v) is 5.26. The van der Waals surface area contributed by atoms with Crippen molar-refractivity contribution < 1.29 is 0 Å². The molecule has 8 heteroatoms. The first-order chi connectivity index (χ1) is 11.3. The topological polar surface area (TPSA) is 69.4 Å². The first kappa shape index (κ1) is 14.5. The van der Waals surface area contributed by atoms with Crippen LogP contribution in [-0.4, -0.2) is 29.1 Å². The maximum Gasteiger partial charge on any atom is 0.198 e. The second-order valence-electron chi connectivity index (χ2n) is 5.24. The summed E-state index contributed by atoms with van der Waals surface area (Å²) in [5.74, 6) is 2.35. The van der Waals surface area contributed by atoms with Crippen LogP contribution in [0.2, 0.25) is 0 Å². The van der Waals surface area contributed by atoms with Gasteiger partial charge in [-0.2, -0.15) is 4.37 Å². The first-order valence-corrected chi connectivity index (χ1v) is 8.90. The minimum Gasteiger partial charge on any atom is -0.298 e. The summed E-state index contributed by atoms with van der Waals surface area (Å²) in [5, 5.41) is 9.45. The van der Waals surface area contributed by atoms with Crippen LogP contribution in [0.15, 0.2) is 46.7 Å². The monoisotopic (exact) mass is 342 g/mol. The van der Waals surface area contributed by atoms with Crippen molar-refractivity contribution >= 4 is 23.3 Å². The van der Waals surface area contributed by atoms with E-state index in [1.165, 1.54) is 36.1 Å². The van der Waals surface area contributed by atoms with Crippen LogP contribution >= 0.6 is 23.3 Å². The molecule has 1 fully saturated rings. The smallest absolute Gasteiger partial charge is 0.198 e. The van der Waals surface area contributed by atoms with Crippen molar-refractivity contribution in [3.05, 3.63) is 43.0 Å². The minimum absolute atomic E-state index is 0.569. The molecule has 1 aliphatic rings. The summed E-state index contributed by atoms with van der Waals surface area (Å²) in [5.41, 5.74) is 0.983. The highest BCUT2D eigenvalue weighted by Gasteiger charge is 2.28. The average Bonchev–Trinajstić information content (AvgIpc) is 3.21. The lowest BCUT2D eigenvalue weighted by atomic mass is 10.2. The first-order valence-electron chi connectivity index (χ1n) is 7.31. The van der Waals surface area contributed by atoms with Gasteiger partial charge in [0.05, 0.1) is 0 Å². The van der Waals surface area contributed by atoms with E-state index in [0.29, 0.717) is 12.5 Å².